The summed E-state index contributed by atoms with van der Waals surface area (Å²) in [5, 5.41) is 3.26. The minimum atomic E-state index is -0.596. The summed E-state index contributed by atoms with van der Waals surface area (Å²) in [6.07, 6.45) is 0.993. The quantitative estimate of drug-likeness (QED) is 0.482. The summed E-state index contributed by atoms with van der Waals surface area (Å²) in [6.45, 7) is 3.30. The van der Waals surface area contributed by atoms with Gasteiger partial charge in [-0.3, -0.25) is 4.79 Å². The number of benzene rings is 1. The van der Waals surface area contributed by atoms with Gasteiger partial charge in [0.2, 0.25) is 5.91 Å². The second kappa shape index (κ2) is 6.53. The lowest BCUT2D eigenvalue weighted by Gasteiger charge is -2.23. The highest BCUT2D eigenvalue weighted by atomic mass is 16.6. The molecule has 3 rings (SSSR count). The predicted octanol–water partition coefficient (Wildman–Crippen LogP) is 3.51. The first-order valence-electron chi connectivity index (χ1n) is 8.07. The van der Waals surface area contributed by atoms with Crippen LogP contribution in [0.25, 0.3) is 10.4 Å². The molecule has 1 saturated heterocycles. The fraction of sp³-hybridized carbons (Fsp3) is 0.529. The van der Waals surface area contributed by atoms with E-state index in [0.717, 1.165) is 5.56 Å². The van der Waals surface area contributed by atoms with E-state index in [4.69, 9.17) is 10.3 Å². The zero-order chi connectivity index (χ0) is 17.2. The maximum Gasteiger partial charge on any atom is 0.410 e. The van der Waals surface area contributed by atoms with E-state index >= 15 is 0 Å². The van der Waals surface area contributed by atoms with Gasteiger partial charge in [-0.05, 0) is 40.9 Å². The number of amides is 2. The van der Waals surface area contributed by atoms with Crippen molar-refractivity contribution in [2.24, 2.45) is 22.4 Å². The second-order valence-corrected chi connectivity index (χ2v) is 6.93. The highest BCUT2D eigenvalue weighted by Gasteiger charge is 2.50. The molecule has 2 amide bonds. The van der Waals surface area contributed by atoms with Crippen molar-refractivity contribution in [2.45, 2.75) is 26.4 Å². The van der Waals surface area contributed by atoms with Crippen molar-refractivity contribution >= 4 is 12.0 Å². The first-order valence-corrected chi connectivity index (χ1v) is 8.07. The lowest BCUT2D eigenvalue weighted by atomic mass is 9.86. The summed E-state index contributed by atoms with van der Waals surface area (Å²) in [5.41, 5.74) is 8.81. The Hall–Kier alpha value is -2.53. The van der Waals surface area contributed by atoms with Gasteiger partial charge >= 0.3 is 6.09 Å². The molecule has 2 atom stereocenters. The van der Waals surface area contributed by atoms with Crippen LogP contribution < -0.4 is 0 Å². The van der Waals surface area contributed by atoms with Gasteiger partial charge < -0.3 is 9.64 Å². The molecule has 2 fully saturated rings. The van der Waals surface area contributed by atoms with Crippen molar-refractivity contribution in [3.05, 3.63) is 46.3 Å². The number of hydrogen-bond donors (Lipinski definition) is 0. The number of rotatable bonds is 3. The third-order valence-electron chi connectivity index (χ3n) is 5.12. The fourth-order valence-corrected chi connectivity index (χ4v) is 3.94. The lowest BCUT2D eigenvalue weighted by Crippen LogP contribution is -2.32. The van der Waals surface area contributed by atoms with Gasteiger partial charge in [0.25, 0.3) is 0 Å². The largest absolute Gasteiger partial charge is 0.445 e. The maximum absolute atomic E-state index is 12.2. The number of hydrogen-bond acceptors (Lipinski definition) is 3. The molecule has 1 heterocycles. The number of likely N-dealkylation sites (tertiary alicyclic amines) is 1. The van der Waals surface area contributed by atoms with E-state index in [1.54, 1.807) is 4.90 Å². The molecule has 0 aromatic heterocycles. The topological polar surface area (TPSA) is 95.4 Å². The van der Waals surface area contributed by atoms with Gasteiger partial charge in [-0.2, -0.15) is 0 Å². The average Bonchev–Trinajstić information content (AvgIpc) is 3.09. The van der Waals surface area contributed by atoms with Gasteiger partial charge in [0.1, 0.15) is 6.61 Å². The Kier molecular flexibility index (Phi) is 4.44. The number of azide groups is 1. The molecule has 0 spiro atoms. The Morgan fingerprint density at radius 2 is 1.92 bits per heavy atom. The third kappa shape index (κ3) is 3.21. The minimum absolute atomic E-state index is 0.261. The molecule has 24 heavy (non-hydrogen) atoms. The first-order chi connectivity index (χ1) is 11.5. The van der Waals surface area contributed by atoms with Gasteiger partial charge in [0.05, 0.1) is 0 Å². The zero-order valence-corrected chi connectivity index (χ0v) is 13.6. The molecule has 1 saturated carbocycles. The Morgan fingerprint density at radius 3 is 2.50 bits per heavy atom. The molecule has 0 bridgehead atoms. The highest BCUT2D eigenvalue weighted by Crippen LogP contribution is 2.49. The Morgan fingerprint density at radius 1 is 1.29 bits per heavy atom. The number of fused-ring (bicyclic) bond motifs is 1. The van der Waals surface area contributed by atoms with Crippen molar-refractivity contribution in [3.63, 3.8) is 0 Å². The van der Waals surface area contributed by atoms with E-state index < -0.39 is 11.3 Å². The maximum atomic E-state index is 12.2. The van der Waals surface area contributed by atoms with Crippen molar-refractivity contribution in [3.8, 4) is 0 Å². The van der Waals surface area contributed by atoms with Crippen LogP contribution in [0.5, 0.6) is 0 Å². The third-order valence-corrected chi connectivity index (χ3v) is 5.12. The van der Waals surface area contributed by atoms with Crippen LogP contribution in [-0.4, -0.2) is 30.0 Å². The second-order valence-electron chi connectivity index (χ2n) is 6.93. The fourth-order valence-electron chi connectivity index (χ4n) is 3.94. The van der Waals surface area contributed by atoms with E-state index in [1.807, 2.05) is 37.3 Å². The Labute approximate surface area is 140 Å². The summed E-state index contributed by atoms with van der Waals surface area (Å²) in [5.74, 6) is 0.131. The monoisotopic (exact) mass is 328 g/mol. The molecule has 126 valence electrons. The Balaban J connectivity index is 1.53. The van der Waals surface area contributed by atoms with Crippen LogP contribution >= 0.6 is 0 Å². The molecule has 1 aromatic carbocycles. The van der Waals surface area contributed by atoms with E-state index in [-0.39, 0.29) is 24.5 Å². The van der Waals surface area contributed by atoms with Crippen molar-refractivity contribution in [2.75, 3.05) is 13.1 Å². The van der Waals surface area contributed by atoms with Crippen LogP contribution in [0.2, 0.25) is 0 Å². The lowest BCUT2D eigenvalue weighted by molar-refractivity contribution is -0.126. The molecule has 1 aliphatic carbocycles. The number of carbonyl (C=O) groups excluding carboxylic acids is 2. The molecule has 1 aliphatic heterocycles. The molecule has 2 aliphatic rings. The van der Waals surface area contributed by atoms with Crippen LogP contribution in [0.1, 0.15) is 25.3 Å². The van der Waals surface area contributed by atoms with Gasteiger partial charge in [-0.1, -0.05) is 37.3 Å². The molecule has 7 heteroatoms. The van der Waals surface area contributed by atoms with Crippen LogP contribution in [0, 0.1) is 17.3 Å². The van der Waals surface area contributed by atoms with Gasteiger partial charge in [-0.15, -0.1) is 0 Å². The van der Waals surface area contributed by atoms with Crippen LogP contribution in [0.3, 0.4) is 0 Å². The van der Waals surface area contributed by atoms with E-state index in [9.17, 15) is 9.59 Å². The standard InChI is InChI=1S/C17H20N4O3/c1-17(15(22)19-20-18)7-13-9-21(10-14(13)8-17)16(23)24-11-12-5-3-2-4-6-12/h2-6,13-14H,7-11H2,1H3. The highest BCUT2D eigenvalue weighted by molar-refractivity contribution is 5.83. The summed E-state index contributed by atoms with van der Waals surface area (Å²) in [4.78, 5) is 28.5. The molecule has 2 unspecified atom stereocenters. The number of ether oxygens (including phenoxy) is 1. The van der Waals surface area contributed by atoms with E-state index in [2.05, 4.69) is 10.0 Å². The van der Waals surface area contributed by atoms with E-state index in [0.29, 0.717) is 25.9 Å². The van der Waals surface area contributed by atoms with Crippen LogP contribution in [0.15, 0.2) is 35.4 Å². The summed E-state index contributed by atoms with van der Waals surface area (Å²) >= 11 is 0. The van der Waals surface area contributed by atoms with Crippen molar-refractivity contribution in [1.29, 1.82) is 0 Å². The smallest absolute Gasteiger partial charge is 0.410 e. The summed E-state index contributed by atoms with van der Waals surface area (Å²) < 4.78 is 5.37. The molecule has 0 radical (unpaired) electrons. The molecule has 0 N–H and O–H groups in total. The van der Waals surface area contributed by atoms with Crippen molar-refractivity contribution < 1.29 is 14.3 Å². The van der Waals surface area contributed by atoms with Gasteiger partial charge in [0, 0.05) is 23.4 Å². The van der Waals surface area contributed by atoms with Gasteiger partial charge in [-0.25, -0.2) is 4.79 Å². The molecular formula is C17H20N4O3. The summed E-state index contributed by atoms with van der Waals surface area (Å²) in [6, 6.07) is 9.56. The number of carbonyl (C=O) groups is 2. The van der Waals surface area contributed by atoms with Crippen LogP contribution in [-0.2, 0) is 16.1 Å². The number of nitrogens with zero attached hydrogens (tertiary/aromatic N) is 4. The van der Waals surface area contributed by atoms with E-state index in [1.165, 1.54) is 0 Å². The molecular weight excluding hydrogens is 308 g/mol. The summed E-state index contributed by atoms with van der Waals surface area (Å²) in [7, 11) is 0. The Bertz CT molecular complexity index is 670. The predicted molar refractivity (Wildman–Crippen MR) is 86.7 cm³/mol. The average molecular weight is 328 g/mol. The minimum Gasteiger partial charge on any atom is -0.445 e. The van der Waals surface area contributed by atoms with Crippen LogP contribution in [0.4, 0.5) is 4.79 Å². The first kappa shape index (κ1) is 16.3. The van der Waals surface area contributed by atoms with Crippen molar-refractivity contribution in [1.82, 2.24) is 4.90 Å². The zero-order valence-electron chi connectivity index (χ0n) is 13.6. The molecule has 7 nitrogen and oxygen atoms in total. The molecule has 1 aromatic rings. The SMILES string of the molecule is CC1(C(=O)N=[N+]=[N-])CC2CN(C(=O)OCc3ccccc3)CC2C1. The normalized spacial score (nSPS) is 28.1. The van der Waals surface area contributed by atoms with Gasteiger partial charge in [0.15, 0.2) is 0 Å².